The average molecular weight is 365 g/mol. The molecule has 27 heavy (non-hydrogen) atoms. The van der Waals surface area contributed by atoms with Gasteiger partial charge in [-0.05, 0) is 50.5 Å². The van der Waals surface area contributed by atoms with Gasteiger partial charge < -0.3 is 9.42 Å². The molecule has 1 aromatic carbocycles. The van der Waals surface area contributed by atoms with Crippen molar-refractivity contribution in [1.82, 2.24) is 15.1 Å². The molecular formula is C19H19N5O3. The van der Waals surface area contributed by atoms with Gasteiger partial charge in [-0.1, -0.05) is 5.16 Å². The molecule has 1 aliphatic heterocycles. The molecule has 8 nitrogen and oxygen atoms in total. The maximum Gasteiger partial charge on any atom is 0.293 e. The maximum atomic E-state index is 11.7. The van der Waals surface area contributed by atoms with E-state index in [1.165, 1.54) is 6.07 Å². The first kappa shape index (κ1) is 17.1. The van der Waals surface area contributed by atoms with Crippen LogP contribution >= 0.6 is 0 Å². The molecule has 0 aliphatic carbocycles. The Hall–Kier alpha value is -3.29. The monoisotopic (exact) mass is 365 g/mol. The van der Waals surface area contributed by atoms with Crippen LogP contribution in [-0.2, 0) is 0 Å². The summed E-state index contributed by atoms with van der Waals surface area (Å²) in [5.74, 6) is 0.673. The van der Waals surface area contributed by atoms with Crippen LogP contribution in [0.25, 0.3) is 22.8 Å². The van der Waals surface area contributed by atoms with Gasteiger partial charge in [-0.15, -0.1) is 0 Å². The molecule has 138 valence electrons. The second-order valence-corrected chi connectivity index (χ2v) is 6.66. The molecule has 0 radical (unpaired) electrons. The maximum absolute atomic E-state index is 11.7. The number of aromatic nitrogens is 3. The van der Waals surface area contributed by atoms with Crippen LogP contribution in [0.1, 0.15) is 26.2 Å². The van der Waals surface area contributed by atoms with Gasteiger partial charge in [-0.25, -0.2) is 0 Å². The Balaban J connectivity index is 1.70. The van der Waals surface area contributed by atoms with Gasteiger partial charge in [-0.2, -0.15) is 4.98 Å². The predicted octanol–water partition coefficient (Wildman–Crippen LogP) is 4.09. The normalized spacial score (nSPS) is 17.1. The fourth-order valence-electron chi connectivity index (χ4n) is 3.46. The van der Waals surface area contributed by atoms with E-state index >= 15 is 0 Å². The summed E-state index contributed by atoms with van der Waals surface area (Å²) in [6, 6.07) is 8.93. The Morgan fingerprint density at radius 2 is 2.00 bits per heavy atom. The van der Waals surface area contributed by atoms with Crippen LogP contribution in [-0.4, -0.2) is 32.6 Å². The van der Waals surface area contributed by atoms with Crippen molar-refractivity contribution < 1.29 is 9.45 Å². The number of nitro groups is 1. The van der Waals surface area contributed by atoms with Gasteiger partial charge >= 0.3 is 0 Å². The van der Waals surface area contributed by atoms with Gasteiger partial charge in [-0.3, -0.25) is 15.1 Å². The van der Waals surface area contributed by atoms with E-state index in [1.807, 2.05) is 0 Å². The quantitative estimate of drug-likeness (QED) is 0.507. The van der Waals surface area contributed by atoms with Gasteiger partial charge in [0.25, 0.3) is 11.6 Å². The Bertz CT molecular complexity index is 957. The zero-order valence-corrected chi connectivity index (χ0v) is 14.9. The molecule has 0 N–H and O–H groups in total. The largest absolute Gasteiger partial charge is 0.363 e. The molecule has 8 heteroatoms. The number of nitro benzene ring substituents is 1. The molecule has 1 saturated heterocycles. The zero-order chi connectivity index (χ0) is 18.8. The van der Waals surface area contributed by atoms with Crippen molar-refractivity contribution in [2.45, 2.75) is 32.2 Å². The van der Waals surface area contributed by atoms with Crippen molar-refractivity contribution in [1.29, 1.82) is 0 Å². The van der Waals surface area contributed by atoms with Crippen molar-refractivity contribution in [3.05, 3.63) is 52.8 Å². The molecule has 4 rings (SSSR count). The second kappa shape index (κ2) is 7.14. The summed E-state index contributed by atoms with van der Waals surface area (Å²) in [5, 5.41) is 15.7. The number of hydrogen-bond acceptors (Lipinski definition) is 7. The van der Waals surface area contributed by atoms with Crippen LogP contribution in [0.15, 0.2) is 47.2 Å². The second-order valence-electron chi connectivity index (χ2n) is 6.66. The van der Waals surface area contributed by atoms with Crippen LogP contribution in [0, 0.1) is 10.1 Å². The number of nitrogens with zero attached hydrogens (tertiary/aromatic N) is 5. The van der Waals surface area contributed by atoms with Crippen LogP contribution in [0.3, 0.4) is 0 Å². The van der Waals surface area contributed by atoms with Gasteiger partial charge in [0.2, 0.25) is 5.82 Å². The van der Waals surface area contributed by atoms with Gasteiger partial charge in [0.1, 0.15) is 5.69 Å². The van der Waals surface area contributed by atoms with E-state index < -0.39 is 0 Å². The summed E-state index contributed by atoms with van der Waals surface area (Å²) in [5.41, 5.74) is 2.01. The Morgan fingerprint density at radius 1 is 1.19 bits per heavy atom. The molecule has 1 atom stereocenters. The van der Waals surface area contributed by atoms with Gasteiger partial charge in [0.05, 0.1) is 4.92 Å². The van der Waals surface area contributed by atoms with E-state index in [2.05, 4.69) is 26.9 Å². The third kappa shape index (κ3) is 3.38. The highest BCUT2D eigenvalue weighted by Gasteiger charge is 2.26. The van der Waals surface area contributed by atoms with E-state index in [-0.39, 0.29) is 22.5 Å². The minimum Gasteiger partial charge on any atom is -0.363 e. The minimum atomic E-state index is -0.347. The predicted molar refractivity (Wildman–Crippen MR) is 100 cm³/mol. The first-order valence-electron chi connectivity index (χ1n) is 8.93. The van der Waals surface area contributed by atoms with Crippen LogP contribution < -0.4 is 4.90 Å². The number of hydrogen-bond donors (Lipinski definition) is 0. The summed E-state index contributed by atoms with van der Waals surface area (Å²) in [4.78, 5) is 21.8. The molecule has 1 aliphatic rings. The molecule has 3 aromatic rings. The lowest BCUT2D eigenvalue weighted by Gasteiger charge is -2.35. The number of rotatable bonds is 4. The van der Waals surface area contributed by atoms with E-state index in [9.17, 15) is 10.1 Å². The van der Waals surface area contributed by atoms with E-state index in [0.717, 1.165) is 31.4 Å². The molecule has 1 fully saturated rings. The van der Waals surface area contributed by atoms with Crippen LogP contribution in [0.4, 0.5) is 11.4 Å². The van der Waals surface area contributed by atoms with E-state index in [0.29, 0.717) is 17.1 Å². The van der Waals surface area contributed by atoms with Crippen molar-refractivity contribution in [2.75, 3.05) is 11.4 Å². The van der Waals surface area contributed by atoms with Crippen molar-refractivity contribution in [2.24, 2.45) is 0 Å². The summed E-state index contributed by atoms with van der Waals surface area (Å²) >= 11 is 0. The van der Waals surface area contributed by atoms with Crippen LogP contribution in [0.2, 0.25) is 0 Å². The van der Waals surface area contributed by atoms with E-state index in [1.54, 1.807) is 36.7 Å². The number of anilines is 1. The first-order chi connectivity index (χ1) is 13.1. The molecular weight excluding hydrogens is 346 g/mol. The Labute approximate surface area is 156 Å². The average Bonchev–Trinajstić information content (AvgIpc) is 3.19. The SMILES string of the molecule is CC1CCCCN1c1ccc(-c2nc(-c3ccncc3)no2)cc1[N+](=O)[O-]. The molecule has 0 bridgehead atoms. The molecule has 2 aromatic heterocycles. The van der Waals surface area contributed by atoms with Crippen LogP contribution in [0.5, 0.6) is 0 Å². The highest BCUT2D eigenvalue weighted by Crippen LogP contribution is 2.36. The zero-order valence-electron chi connectivity index (χ0n) is 14.9. The lowest BCUT2D eigenvalue weighted by atomic mass is 10.0. The van der Waals surface area contributed by atoms with Crippen molar-refractivity contribution >= 4 is 11.4 Å². The summed E-state index contributed by atoms with van der Waals surface area (Å²) < 4.78 is 5.33. The summed E-state index contributed by atoms with van der Waals surface area (Å²) in [6.45, 7) is 2.93. The van der Waals surface area contributed by atoms with Crippen molar-refractivity contribution in [3.8, 4) is 22.8 Å². The first-order valence-corrected chi connectivity index (χ1v) is 8.93. The number of pyridine rings is 1. The molecule has 3 heterocycles. The number of benzene rings is 1. The topological polar surface area (TPSA) is 98.2 Å². The highest BCUT2D eigenvalue weighted by atomic mass is 16.6. The van der Waals surface area contributed by atoms with Gasteiger partial charge in [0, 0.05) is 42.2 Å². The third-order valence-electron chi connectivity index (χ3n) is 4.90. The minimum absolute atomic E-state index is 0.0601. The lowest BCUT2D eigenvalue weighted by Crippen LogP contribution is -2.37. The fraction of sp³-hybridized carbons (Fsp3) is 0.316. The lowest BCUT2D eigenvalue weighted by molar-refractivity contribution is -0.384. The third-order valence-corrected chi connectivity index (χ3v) is 4.90. The molecule has 0 amide bonds. The summed E-state index contributed by atoms with van der Waals surface area (Å²) in [7, 11) is 0. The standard InChI is InChI=1S/C19H19N5O3/c1-13-4-2-3-11-23(13)16-6-5-15(12-17(16)24(25)26)19-21-18(22-27-19)14-7-9-20-10-8-14/h5-10,12-13H,2-4,11H2,1H3. The van der Waals surface area contributed by atoms with Gasteiger partial charge in [0.15, 0.2) is 0 Å². The van der Waals surface area contributed by atoms with Crippen molar-refractivity contribution in [3.63, 3.8) is 0 Å². The summed E-state index contributed by atoms with van der Waals surface area (Å²) in [6.07, 6.45) is 6.53. The number of piperidine rings is 1. The molecule has 1 unspecified atom stereocenters. The Kier molecular flexibility index (Phi) is 4.53. The highest BCUT2D eigenvalue weighted by molar-refractivity contribution is 5.72. The smallest absolute Gasteiger partial charge is 0.293 e. The fourth-order valence-corrected chi connectivity index (χ4v) is 3.46. The molecule has 0 spiro atoms. The molecule has 0 saturated carbocycles. The Morgan fingerprint density at radius 3 is 2.74 bits per heavy atom. The van der Waals surface area contributed by atoms with E-state index in [4.69, 9.17) is 4.52 Å².